The number of methoxy groups -OCH3 is 1. The number of amides is 1. The number of benzene rings is 1. The third-order valence-electron chi connectivity index (χ3n) is 4.58. The van der Waals surface area contributed by atoms with E-state index in [0.717, 1.165) is 49.7 Å². The maximum absolute atomic E-state index is 11.5. The molecule has 1 aromatic rings. The molecule has 1 aliphatic heterocycles. The van der Waals surface area contributed by atoms with Crippen molar-refractivity contribution in [3.63, 3.8) is 0 Å². The Balaban J connectivity index is 1.92. The topological polar surface area (TPSA) is 78.0 Å². The number of halogens is 1. The molecule has 0 unspecified atom stereocenters. The van der Waals surface area contributed by atoms with Crippen LogP contribution in [0.15, 0.2) is 23.2 Å². The minimum Gasteiger partial charge on any atom is -0.496 e. The first-order valence-electron chi connectivity index (χ1n) is 9.35. The van der Waals surface area contributed by atoms with Crippen molar-refractivity contribution in [3.05, 3.63) is 28.8 Å². The Morgan fingerprint density at radius 3 is 2.74 bits per heavy atom. The summed E-state index contributed by atoms with van der Waals surface area (Å²) in [6, 6.07) is 5.92. The van der Waals surface area contributed by atoms with Gasteiger partial charge in [-0.1, -0.05) is 17.7 Å². The van der Waals surface area contributed by atoms with E-state index in [-0.39, 0.29) is 5.91 Å². The number of hydrogen-bond acceptors (Lipinski definition) is 4. The largest absolute Gasteiger partial charge is 0.496 e. The minimum atomic E-state index is 0.0632. The van der Waals surface area contributed by atoms with Gasteiger partial charge in [0, 0.05) is 43.3 Å². The van der Waals surface area contributed by atoms with Gasteiger partial charge in [0.2, 0.25) is 5.91 Å². The molecular weight excluding hydrogens is 366 g/mol. The molecule has 8 heteroatoms. The Kier molecular flexibility index (Phi) is 8.67. The predicted octanol–water partition coefficient (Wildman–Crippen LogP) is 1.61. The molecule has 1 fully saturated rings. The van der Waals surface area contributed by atoms with Crippen LogP contribution in [0.4, 0.5) is 0 Å². The van der Waals surface area contributed by atoms with Crippen LogP contribution in [0.1, 0.15) is 25.3 Å². The molecule has 1 aromatic carbocycles. The standard InChI is InChI=1S/C19H30ClN5O2/c1-4-22-19(23-12-14-5-6-15(20)11-17(14)27-3)24-16-7-9-25(10-8-16)13-18(26)21-2/h5-6,11,16H,4,7-10,12-13H2,1-3H3,(H,21,26)(H2,22,23,24). The zero-order chi connectivity index (χ0) is 19.6. The summed E-state index contributed by atoms with van der Waals surface area (Å²) in [4.78, 5) is 18.4. The van der Waals surface area contributed by atoms with E-state index in [1.165, 1.54) is 0 Å². The molecule has 1 aliphatic rings. The summed E-state index contributed by atoms with van der Waals surface area (Å²) >= 11 is 6.02. The fraction of sp³-hybridized carbons (Fsp3) is 0.579. The summed E-state index contributed by atoms with van der Waals surface area (Å²) in [6.07, 6.45) is 1.96. The number of hydrogen-bond donors (Lipinski definition) is 3. The molecule has 1 amide bonds. The molecule has 3 N–H and O–H groups in total. The number of guanidine groups is 1. The van der Waals surface area contributed by atoms with Crippen molar-refractivity contribution in [1.29, 1.82) is 0 Å². The highest BCUT2D eigenvalue weighted by Crippen LogP contribution is 2.23. The Morgan fingerprint density at radius 2 is 2.11 bits per heavy atom. The normalized spacial score (nSPS) is 16.1. The minimum absolute atomic E-state index is 0.0632. The quantitative estimate of drug-likeness (QED) is 0.483. The fourth-order valence-corrected chi connectivity index (χ4v) is 3.21. The molecular formula is C19H30ClN5O2. The van der Waals surface area contributed by atoms with Gasteiger partial charge in [-0.2, -0.15) is 0 Å². The zero-order valence-corrected chi connectivity index (χ0v) is 17.1. The highest BCUT2D eigenvalue weighted by Gasteiger charge is 2.21. The van der Waals surface area contributed by atoms with Gasteiger partial charge in [-0.05, 0) is 31.9 Å². The van der Waals surface area contributed by atoms with Crippen LogP contribution in [0.3, 0.4) is 0 Å². The number of piperidine rings is 1. The SMILES string of the molecule is CCNC(=NCc1ccc(Cl)cc1OC)NC1CCN(CC(=O)NC)CC1. The van der Waals surface area contributed by atoms with E-state index < -0.39 is 0 Å². The van der Waals surface area contributed by atoms with Crippen LogP contribution in [0, 0.1) is 0 Å². The zero-order valence-electron chi connectivity index (χ0n) is 16.3. The Hall–Kier alpha value is -1.99. The number of carbonyl (C=O) groups excluding carboxylic acids is 1. The molecule has 0 aromatic heterocycles. The third-order valence-corrected chi connectivity index (χ3v) is 4.81. The van der Waals surface area contributed by atoms with Crippen LogP contribution in [0.2, 0.25) is 5.02 Å². The third kappa shape index (κ3) is 6.92. The van der Waals surface area contributed by atoms with Crippen molar-refractivity contribution in [2.24, 2.45) is 4.99 Å². The van der Waals surface area contributed by atoms with Crippen LogP contribution in [-0.4, -0.2) is 63.1 Å². The summed E-state index contributed by atoms with van der Waals surface area (Å²) in [7, 11) is 3.31. The van der Waals surface area contributed by atoms with Crippen molar-refractivity contribution in [2.75, 3.05) is 40.3 Å². The Bertz CT molecular complexity index is 645. The number of likely N-dealkylation sites (tertiary alicyclic amines) is 1. The van der Waals surface area contributed by atoms with Gasteiger partial charge in [0.25, 0.3) is 0 Å². The van der Waals surface area contributed by atoms with Crippen molar-refractivity contribution in [1.82, 2.24) is 20.9 Å². The molecule has 0 saturated carbocycles. The fourth-order valence-electron chi connectivity index (χ4n) is 3.04. The lowest BCUT2D eigenvalue weighted by Gasteiger charge is -2.32. The van der Waals surface area contributed by atoms with E-state index in [1.807, 2.05) is 19.1 Å². The molecule has 1 saturated heterocycles. The van der Waals surface area contributed by atoms with Gasteiger partial charge in [0.05, 0.1) is 20.2 Å². The number of nitrogens with zero attached hydrogens (tertiary/aromatic N) is 2. The summed E-state index contributed by atoms with van der Waals surface area (Å²) in [5.41, 5.74) is 0.986. The first-order chi connectivity index (χ1) is 13.0. The molecule has 2 rings (SSSR count). The van der Waals surface area contributed by atoms with Gasteiger partial charge in [0.1, 0.15) is 5.75 Å². The second-order valence-corrected chi connectivity index (χ2v) is 6.96. The van der Waals surface area contributed by atoms with Crippen LogP contribution < -0.4 is 20.7 Å². The van der Waals surface area contributed by atoms with E-state index in [2.05, 4.69) is 20.9 Å². The van der Waals surface area contributed by atoms with E-state index >= 15 is 0 Å². The first-order valence-corrected chi connectivity index (χ1v) is 9.73. The van der Waals surface area contributed by atoms with E-state index in [0.29, 0.717) is 24.2 Å². The number of carbonyl (C=O) groups is 1. The molecule has 0 radical (unpaired) electrons. The molecule has 0 bridgehead atoms. The molecule has 7 nitrogen and oxygen atoms in total. The molecule has 1 heterocycles. The van der Waals surface area contributed by atoms with E-state index in [1.54, 1.807) is 20.2 Å². The van der Waals surface area contributed by atoms with Gasteiger partial charge >= 0.3 is 0 Å². The summed E-state index contributed by atoms with van der Waals surface area (Å²) in [5, 5.41) is 10.1. The highest BCUT2D eigenvalue weighted by molar-refractivity contribution is 6.30. The first kappa shape index (κ1) is 21.3. The summed E-state index contributed by atoms with van der Waals surface area (Å²) in [5.74, 6) is 1.59. The average molecular weight is 396 g/mol. The number of likely N-dealkylation sites (N-methyl/N-ethyl adjacent to an activating group) is 1. The van der Waals surface area contributed by atoms with Gasteiger partial charge in [-0.25, -0.2) is 4.99 Å². The number of rotatable bonds is 7. The lowest BCUT2D eigenvalue weighted by molar-refractivity contribution is -0.122. The maximum Gasteiger partial charge on any atom is 0.233 e. The van der Waals surface area contributed by atoms with E-state index in [9.17, 15) is 4.79 Å². The predicted molar refractivity (Wildman–Crippen MR) is 109 cm³/mol. The van der Waals surface area contributed by atoms with Crippen LogP contribution >= 0.6 is 11.6 Å². The van der Waals surface area contributed by atoms with E-state index in [4.69, 9.17) is 21.3 Å². The van der Waals surface area contributed by atoms with Gasteiger partial charge < -0.3 is 20.7 Å². The van der Waals surface area contributed by atoms with Crippen LogP contribution in [0.25, 0.3) is 0 Å². The van der Waals surface area contributed by atoms with Gasteiger partial charge in [0.15, 0.2) is 5.96 Å². The Labute approximate surface area is 166 Å². The summed E-state index contributed by atoms with van der Waals surface area (Å²) < 4.78 is 5.39. The molecule has 0 aliphatic carbocycles. The maximum atomic E-state index is 11.5. The average Bonchev–Trinajstić information content (AvgIpc) is 2.68. The van der Waals surface area contributed by atoms with Crippen molar-refractivity contribution < 1.29 is 9.53 Å². The van der Waals surface area contributed by atoms with Crippen LogP contribution in [0.5, 0.6) is 5.75 Å². The molecule has 0 spiro atoms. The van der Waals surface area contributed by atoms with Crippen molar-refractivity contribution in [2.45, 2.75) is 32.4 Å². The lowest BCUT2D eigenvalue weighted by atomic mass is 10.1. The van der Waals surface area contributed by atoms with Crippen molar-refractivity contribution >= 4 is 23.5 Å². The second-order valence-electron chi connectivity index (χ2n) is 6.52. The smallest absolute Gasteiger partial charge is 0.233 e. The molecule has 0 atom stereocenters. The number of nitrogens with one attached hydrogen (secondary N) is 3. The van der Waals surface area contributed by atoms with Gasteiger partial charge in [-0.15, -0.1) is 0 Å². The summed E-state index contributed by atoms with van der Waals surface area (Å²) in [6.45, 7) is 5.61. The number of ether oxygens (including phenoxy) is 1. The molecule has 27 heavy (non-hydrogen) atoms. The van der Waals surface area contributed by atoms with Gasteiger partial charge in [-0.3, -0.25) is 9.69 Å². The Morgan fingerprint density at radius 1 is 1.37 bits per heavy atom. The monoisotopic (exact) mass is 395 g/mol. The second kappa shape index (κ2) is 11.0. The lowest BCUT2D eigenvalue weighted by Crippen LogP contribution is -2.50. The molecule has 150 valence electrons. The highest BCUT2D eigenvalue weighted by atomic mass is 35.5. The number of aliphatic imine (C=N–C) groups is 1. The van der Waals surface area contributed by atoms with Crippen LogP contribution in [-0.2, 0) is 11.3 Å². The van der Waals surface area contributed by atoms with Crippen molar-refractivity contribution in [3.8, 4) is 5.75 Å².